The highest BCUT2D eigenvalue weighted by Gasteiger charge is 2.51. The Morgan fingerprint density at radius 3 is 2.37 bits per heavy atom. The van der Waals surface area contributed by atoms with Gasteiger partial charge in [-0.1, -0.05) is 6.07 Å². The molecule has 0 aromatic heterocycles. The van der Waals surface area contributed by atoms with Crippen molar-refractivity contribution in [2.45, 2.75) is 64.3 Å². The number of hydrogen-bond donors (Lipinski definition) is 2. The second-order valence-corrected chi connectivity index (χ2v) is 10.4. The maximum Gasteiger partial charge on any atom is 0.277 e. The van der Waals surface area contributed by atoms with E-state index in [0.717, 1.165) is 47.1 Å². The first-order chi connectivity index (χ1) is 14.3. The van der Waals surface area contributed by atoms with Gasteiger partial charge >= 0.3 is 0 Å². The molecule has 6 nitrogen and oxygen atoms in total. The second kappa shape index (κ2) is 8.69. The van der Waals surface area contributed by atoms with E-state index in [9.17, 15) is 9.59 Å². The van der Waals surface area contributed by atoms with Gasteiger partial charge in [-0.3, -0.25) is 9.59 Å². The van der Waals surface area contributed by atoms with E-state index in [0.29, 0.717) is 11.5 Å². The summed E-state index contributed by atoms with van der Waals surface area (Å²) in [7, 11) is 0. The van der Waals surface area contributed by atoms with E-state index in [2.05, 4.69) is 31.8 Å². The first kappa shape index (κ1) is 21.3. The van der Waals surface area contributed by atoms with Crippen LogP contribution in [0.3, 0.4) is 0 Å². The normalized spacial score (nSPS) is 29.6. The van der Waals surface area contributed by atoms with E-state index >= 15 is 0 Å². The Balaban J connectivity index is 1.23. The summed E-state index contributed by atoms with van der Waals surface area (Å²) in [5, 5.41) is 7.41. The van der Waals surface area contributed by atoms with Crippen LogP contribution in [0.1, 0.15) is 57.4 Å². The molecular formula is C23H30BrN3O3. The molecule has 2 N–H and O–H groups in total. The molecule has 162 valence electrons. The lowest BCUT2D eigenvalue weighted by Crippen LogP contribution is -2.60. The van der Waals surface area contributed by atoms with Crippen molar-refractivity contribution >= 4 is 33.5 Å². The van der Waals surface area contributed by atoms with Crippen molar-refractivity contribution in [1.82, 2.24) is 10.7 Å². The van der Waals surface area contributed by atoms with E-state index in [1.54, 1.807) is 6.92 Å². The molecule has 5 rings (SSSR count). The number of ether oxygens (including phenoxy) is 1. The first-order valence-electron chi connectivity index (χ1n) is 10.8. The summed E-state index contributed by atoms with van der Waals surface area (Å²) in [5.41, 5.74) is 4.17. The molecule has 7 heteroatoms. The van der Waals surface area contributed by atoms with Crippen LogP contribution in [0, 0.1) is 24.7 Å². The maximum atomic E-state index is 12.6. The molecule has 4 aliphatic rings. The molecule has 0 unspecified atom stereocenters. The molecule has 0 aliphatic heterocycles. The van der Waals surface area contributed by atoms with Crippen LogP contribution in [0.25, 0.3) is 0 Å². The topological polar surface area (TPSA) is 79.8 Å². The molecule has 1 aromatic carbocycles. The Kier molecular flexibility index (Phi) is 6.19. The first-order valence-corrected chi connectivity index (χ1v) is 11.6. The fourth-order valence-corrected chi connectivity index (χ4v) is 6.54. The van der Waals surface area contributed by atoms with Crippen LogP contribution in [0.15, 0.2) is 27.8 Å². The van der Waals surface area contributed by atoms with Crippen molar-refractivity contribution in [3.63, 3.8) is 0 Å². The molecular weight excluding hydrogens is 446 g/mol. The molecule has 0 saturated heterocycles. The Labute approximate surface area is 186 Å². The number of carbonyl (C=O) groups is 2. The fraction of sp³-hybridized carbons (Fsp3) is 0.609. The predicted molar refractivity (Wildman–Crippen MR) is 119 cm³/mol. The summed E-state index contributed by atoms with van der Waals surface area (Å²) < 4.78 is 6.32. The minimum atomic E-state index is -0.358. The second-order valence-electron chi connectivity index (χ2n) is 9.53. The van der Waals surface area contributed by atoms with Crippen molar-refractivity contribution in [3.05, 3.63) is 28.2 Å². The van der Waals surface area contributed by atoms with Crippen molar-refractivity contribution in [2.24, 2.45) is 22.9 Å². The van der Waals surface area contributed by atoms with Crippen LogP contribution >= 0.6 is 15.9 Å². The third-order valence-electron chi connectivity index (χ3n) is 6.68. The Bertz CT molecular complexity index is 832. The van der Waals surface area contributed by atoms with E-state index in [-0.39, 0.29) is 30.4 Å². The monoisotopic (exact) mass is 475 g/mol. The van der Waals surface area contributed by atoms with Crippen LogP contribution in [0.4, 0.5) is 0 Å². The highest BCUT2D eigenvalue weighted by Crippen LogP contribution is 2.55. The molecule has 0 atom stereocenters. The average molecular weight is 476 g/mol. The zero-order chi connectivity index (χ0) is 21.3. The van der Waals surface area contributed by atoms with Gasteiger partial charge in [-0.05, 0) is 104 Å². The molecule has 0 spiro atoms. The van der Waals surface area contributed by atoms with Crippen LogP contribution in [0.5, 0.6) is 5.75 Å². The van der Waals surface area contributed by atoms with Gasteiger partial charge in [0.25, 0.3) is 5.91 Å². The summed E-state index contributed by atoms with van der Waals surface area (Å²) >= 11 is 3.42. The highest BCUT2D eigenvalue weighted by molar-refractivity contribution is 9.10. The molecule has 4 aliphatic carbocycles. The number of hydrogen-bond acceptors (Lipinski definition) is 4. The number of carbonyl (C=O) groups excluding carboxylic acids is 2. The van der Waals surface area contributed by atoms with Crippen LogP contribution < -0.4 is 15.5 Å². The number of benzene rings is 1. The van der Waals surface area contributed by atoms with E-state index in [1.165, 1.54) is 19.3 Å². The fourth-order valence-electron chi connectivity index (χ4n) is 5.93. The molecule has 30 heavy (non-hydrogen) atoms. The minimum absolute atomic E-state index is 0.00459. The number of halogens is 1. The van der Waals surface area contributed by atoms with Gasteiger partial charge in [-0.25, -0.2) is 5.43 Å². The van der Waals surface area contributed by atoms with Crippen LogP contribution in [-0.4, -0.2) is 29.7 Å². The minimum Gasteiger partial charge on any atom is -0.483 e. The molecule has 4 bridgehead atoms. The van der Waals surface area contributed by atoms with Gasteiger partial charge in [0, 0.05) is 11.3 Å². The molecule has 2 amide bonds. The van der Waals surface area contributed by atoms with Gasteiger partial charge in [-0.2, -0.15) is 5.10 Å². The zero-order valence-electron chi connectivity index (χ0n) is 17.7. The SMILES string of the molecule is C/C(CC(=O)NC12CC3CC(CC(C3)C1)C2)=N/NC(=O)COc1ccc(C)cc1Br. The smallest absolute Gasteiger partial charge is 0.277 e. The number of aryl methyl sites for hydroxylation is 1. The highest BCUT2D eigenvalue weighted by atomic mass is 79.9. The third-order valence-corrected chi connectivity index (χ3v) is 7.30. The van der Waals surface area contributed by atoms with Gasteiger partial charge in [0.2, 0.25) is 5.91 Å². The lowest BCUT2D eigenvalue weighted by atomic mass is 9.53. The van der Waals surface area contributed by atoms with Crippen LogP contribution in [0.2, 0.25) is 0 Å². The lowest BCUT2D eigenvalue weighted by Gasteiger charge is -2.56. The molecule has 1 aromatic rings. The summed E-state index contributed by atoms with van der Waals surface area (Å²) in [6.45, 7) is 3.60. The quantitative estimate of drug-likeness (QED) is 0.459. The predicted octanol–water partition coefficient (Wildman–Crippen LogP) is 4.10. The van der Waals surface area contributed by atoms with Crippen LogP contribution in [-0.2, 0) is 9.59 Å². The van der Waals surface area contributed by atoms with Crippen molar-refractivity contribution in [1.29, 1.82) is 0 Å². The molecule has 0 radical (unpaired) electrons. The number of nitrogens with zero attached hydrogens (tertiary/aromatic N) is 1. The number of nitrogens with one attached hydrogen (secondary N) is 2. The largest absolute Gasteiger partial charge is 0.483 e. The van der Waals surface area contributed by atoms with Gasteiger partial charge < -0.3 is 10.1 Å². The Hall–Kier alpha value is -1.89. The average Bonchev–Trinajstić information content (AvgIpc) is 2.64. The van der Waals surface area contributed by atoms with Gasteiger partial charge in [0.1, 0.15) is 5.75 Å². The van der Waals surface area contributed by atoms with Gasteiger partial charge in [0.15, 0.2) is 6.61 Å². The lowest BCUT2D eigenvalue weighted by molar-refractivity contribution is -0.126. The third kappa shape index (κ3) is 5.05. The zero-order valence-corrected chi connectivity index (χ0v) is 19.3. The summed E-state index contributed by atoms with van der Waals surface area (Å²) in [5.74, 6) is 2.62. The van der Waals surface area contributed by atoms with Crippen molar-refractivity contribution < 1.29 is 14.3 Å². The van der Waals surface area contributed by atoms with Gasteiger partial charge in [0.05, 0.1) is 10.9 Å². The van der Waals surface area contributed by atoms with Crippen molar-refractivity contribution in [2.75, 3.05) is 6.61 Å². The van der Waals surface area contributed by atoms with Gasteiger partial charge in [-0.15, -0.1) is 0 Å². The molecule has 4 fully saturated rings. The molecule has 4 saturated carbocycles. The van der Waals surface area contributed by atoms with E-state index in [4.69, 9.17) is 4.74 Å². The summed E-state index contributed by atoms with van der Waals surface area (Å²) in [6.07, 6.45) is 7.64. The van der Waals surface area contributed by atoms with E-state index in [1.807, 2.05) is 25.1 Å². The summed E-state index contributed by atoms with van der Waals surface area (Å²) in [4.78, 5) is 24.6. The Morgan fingerprint density at radius 2 is 1.77 bits per heavy atom. The van der Waals surface area contributed by atoms with Crippen molar-refractivity contribution in [3.8, 4) is 5.75 Å². The molecule has 0 heterocycles. The van der Waals surface area contributed by atoms with E-state index < -0.39 is 0 Å². The Morgan fingerprint density at radius 1 is 1.13 bits per heavy atom. The number of rotatable bonds is 7. The number of hydrazone groups is 1. The summed E-state index contributed by atoms with van der Waals surface area (Å²) in [6, 6.07) is 5.66. The standard InChI is InChI=1S/C23H30BrN3O3/c1-14-3-4-20(19(24)5-14)30-13-22(29)27-26-15(2)6-21(28)25-23-10-16-7-17(11-23)9-18(8-16)12-23/h3-5,16-18H,6-13H2,1-2H3,(H,25,28)(H,27,29)/b26-15-. The maximum absolute atomic E-state index is 12.6. The number of amides is 2.